The summed E-state index contributed by atoms with van der Waals surface area (Å²) < 4.78 is 11.7. The second kappa shape index (κ2) is 6.28. The van der Waals surface area contributed by atoms with Crippen molar-refractivity contribution in [1.82, 2.24) is 25.0 Å². The maximum Gasteiger partial charge on any atom is 0.360 e. The number of hydrogen-bond acceptors (Lipinski definition) is 9. The molecule has 0 aromatic carbocycles. The lowest BCUT2D eigenvalue weighted by Gasteiger charge is -2.25. The number of methoxy groups -OCH3 is 1. The summed E-state index contributed by atoms with van der Waals surface area (Å²) in [7, 11) is 1.32. The number of esters is 1. The highest BCUT2D eigenvalue weighted by molar-refractivity contribution is 5.86. The van der Waals surface area contributed by atoms with Gasteiger partial charge < -0.3 is 20.1 Å². The molecule has 2 aliphatic rings. The molecule has 10 heteroatoms. The van der Waals surface area contributed by atoms with Crippen molar-refractivity contribution in [1.29, 1.82) is 0 Å². The Morgan fingerprint density at radius 3 is 3.16 bits per heavy atom. The molecule has 0 bridgehead atoms. The summed E-state index contributed by atoms with van der Waals surface area (Å²) in [5, 5.41) is 7.85. The second-order valence-corrected chi connectivity index (χ2v) is 6.13. The predicted molar refractivity (Wildman–Crippen MR) is 86.7 cm³/mol. The van der Waals surface area contributed by atoms with Gasteiger partial charge in [0.05, 0.1) is 44.8 Å². The maximum absolute atomic E-state index is 11.5. The molecule has 2 N–H and O–H groups in total. The van der Waals surface area contributed by atoms with Crippen LogP contribution in [0, 0.1) is 0 Å². The minimum atomic E-state index is -0.496. The Hall–Kier alpha value is -2.75. The summed E-state index contributed by atoms with van der Waals surface area (Å²) in [6.07, 6.45) is 3.60. The van der Waals surface area contributed by atoms with E-state index < -0.39 is 5.97 Å². The molecule has 1 unspecified atom stereocenters. The van der Waals surface area contributed by atoms with Gasteiger partial charge in [-0.05, 0) is 12.8 Å². The molecule has 0 radical (unpaired) electrons. The number of ether oxygens (including phenoxy) is 2. The van der Waals surface area contributed by atoms with Crippen LogP contribution in [0.15, 0.2) is 6.20 Å². The standard InChI is InChI=1S/C15H19N7O3/c1-24-14(23)11-6-21(20-19-11)5-9-3-2-4-22(9)15-17-12-8-25-7-10(12)13(16)18-15/h6,9H,2-5,7-8H2,1H3,(H2,16,17,18). The molecule has 132 valence electrons. The van der Waals surface area contributed by atoms with Gasteiger partial charge in [-0.15, -0.1) is 5.10 Å². The number of aromatic nitrogens is 5. The molecular formula is C15H19N7O3. The van der Waals surface area contributed by atoms with E-state index in [9.17, 15) is 4.79 Å². The van der Waals surface area contributed by atoms with Crippen molar-refractivity contribution in [3.8, 4) is 0 Å². The van der Waals surface area contributed by atoms with Gasteiger partial charge in [0, 0.05) is 12.1 Å². The van der Waals surface area contributed by atoms with Crippen molar-refractivity contribution in [2.45, 2.75) is 38.6 Å². The second-order valence-electron chi connectivity index (χ2n) is 6.13. The van der Waals surface area contributed by atoms with E-state index in [1.54, 1.807) is 10.9 Å². The van der Waals surface area contributed by atoms with Crippen LogP contribution in [-0.4, -0.2) is 50.6 Å². The molecule has 1 saturated heterocycles. The Morgan fingerprint density at radius 1 is 1.44 bits per heavy atom. The summed E-state index contributed by atoms with van der Waals surface area (Å²) in [5.74, 6) is 0.610. The summed E-state index contributed by atoms with van der Waals surface area (Å²) in [5.41, 5.74) is 8.00. The van der Waals surface area contributed by atoms with E-state index in [1.807, 2.05) is 0 Å². The third-order valence-corrected chi connectivity index (χ3v) is 4.56. The van der Waals surface area contributed by atoms with Crippen molar-refractivity contribution in [3.05, 3.63) is 23.1 Å². The van der Waals surface area contributed by atoms with Gasteiger partial charge in [-0.3, -0.25) is 0 Å². The fourth-order valence-electron chi connectivity index (χ4n) is 3.28. The number of carbonyl (C=O) groups excluding carboxylic acids is 1. The predicted octanol–water partition coefficient (Wildman–Crippen LogP) is 0.136. The highest BCUT2D eigenvalue weighted by Gasteiger charge is 2.30. The van der Waals surface area contributed by atoms with E-state index in [2.05, 4.69) is 29.9 Å². The highest BCUT2D eigenvalue weighted by atomic mass is 16.5. The van der Waals surface area contributed by atoms with Crippen LogP contribution in [0.3, 0.4) is 0 Å². The van der Waals surface area contributed by atoms with Gasteiger partial charge in [-0.1, -0.05) is 5.21 Å². The van der Waals surface area contributed by atoms with E-state index in [0.717, 1.165) is 30.6 Å². The average molecular weight is 345 g/mol. The Labute approximate surface area is 143 Å². The fourth-order valence-corrected chi connectivity index (χ4v) is 3.28. The fraction of sp³-hybridized carbons (Fsp3) is 0.533. The van der Waals surface area contributed by atoms with Gasteiger partial charge >= 0.3 is 5.97 Å². The smallest absolute Gasteiger partial charge is 0.360 e. The Balaban J connectivity index is 1.54. The van der Waals surface area contributed by atoms with Crippen LogP contribution in [0.1, 0.15) is 34.6 Å². The van der Waals surface area contributed by atoms with Crippen molar-refractivity contribution >= 4 is 17.7 Å². The van der Waals surface area contributed by atoms with Crippen molar-refractivity contribution in [2.24, 2.45) is 0 Å². The molecule has 0 aliphatic carbocycles. The topological polar surface area (TPSA) is 121 Å². The van der Waals surface area contributed by atoms with Crippen LogP contribution in [0.2, 0.25) is 0 Å². The summed E-state index contributed by atoms with van der Waals surface area (Å²) >= 11 is 0. The molecule has 4 heterocycles. The molecule has 0 spiro atoms. The largest absolute Gasteiger partial charge is 0.464 e. The zero-order valence-corrected chi connectivity index (χ0v) is 13.9. The molecule has 2 aliphatic heterocycles. The average Bonchev–Trinajstić information content (AvgIpc) is 3.34. The third-order valence-electron chi connectivity index (χ3n) is 4.56. The van der Waals surface area contributed by atoms with Crippen molar-refractivity contribution in [2.75, 3.05) is 24.3 Å². The molecule has 25 heavy (non-hydrogen) atoms. The molecule has 10 nitrogen and oxygen atoms in total. The number of hydrogen-bond donors (Lipinski definition) is 1. The van der Waals surface area contributed by atoms with Gasteiger partial charge in [0.1, 0.15) is 5.82 Å². The zero-order chi connectivity index (χ0) is 17.4. The molecule has 4 rings (SSSR count). The van der Waals surface area contributed by atoms with E-state index in [0.29, 0.717) is 31.5 Å². The first kappa shape index (κ1) is 15.8. The van der Waals surface area contributed by atoms with E-state index in [-0.39, 0.29) is 11.7 Å². The van der Waals surface area contributed by atoms with Crippen LogP contribution in [-0.2, 0) is 29.2 Å². The first-order valence-corrected chi connectivity index (χ1v) is 8.14. The molecule has 1 fully saturated rings. The molecular weight excluding hydrogens is 326 g/mol. The highest BCUT2D eigenvalue weighted by Crippen LogP contribution is 2.29. The number of nitrogen functional groups attached to an aromatic ring is 1. The molecule has 0 amide bonds. The van der Waals surface area contributed by atoms with Crippen LogP contribution >= 0.6 is 0 Å². The monoisotopic (exact) mass is 345 g/mol. The van der Waals surface area contributed by atoms with Crippen molar-refractivity contribution in [3.63, 3.8) is 0 Å². The Morgan fingerprint density at radius 2 is 2.32 bits per heavy atom. The van der Waals surface area contributed by atoms with E-state index in [4.69, 9.17) is 10.5 Å². The third kappa shape index (κ3) is 2.88. The number of nitrogens with two attached hydrogens (primary N) is 1. The van der Waals surface area contributed by atoms with Gasteiger partial charge in [-0.2, -0.15) is 4.98 Å². The van der Waals surface area contributed by atoms with Gasteiger partial charge in [0.2, 0.25) is 5.95 Å². The molecule has 1 atom stereocenters. The number of fused-ring (bicyclic) bond motifs is 1. The SMILES string of the molecule is COC(=O)c1cn(CC2CCCN2c2nc(N)c3c(n2)COC3)nn1. The van der Waals surface area contributed by atoms with Crippen LogP contribution in [0.5, 0.6) is 0 Å². The zero-order valence-electron chi connectivity index (χ0n) is 13.9. The van der Waals surface area contributed by atoms with E-state index in [1.165, 1.54) is 7.11 Å². The maximum atomic E-state index is 11.5. The minimum absolute atomic E-state index is 0.159. The lowest BCUT2D eigenvalue weighted by molar-refractivity contribution is 0.0594. The minimum Gasteiger partial charge on any atom is -0.464 e. The summed E-state index contributed by atoms with van der Waals surface area (Å²) in [6.45, 7) is 2.38. The van der Waals surface area contributed by atoms with Crippen molar-refractivity contribution < 1.29 is 14.3 Å². The van der Waals surface area contributed by atoms with Crippen LogP contribution in [0.25, 0.3) is 0 Å². The summed E-state index contributed by atoms with van der Waals surface area (Å²) in [6, 6.07) is 0.159. The van der Waals surface area contributed by atoms with Crippen LogP contribution < -0.4 is 10.6 Å². The molecule has 2 aromatic heterocycles. The Kier molecular flexibility index (Phi) is 3.96. The normalized spacial score (nSPS) is 19.2. The number of nitrogens with zero attached hydrogens (tertiary/aromatic N) is 6. The Bertz CT molecular complexity index is 806. The quantitative estimate of drug-likeness (QED) is 0.771. The number of anilines is 2. The van der Waals surface area contributed by atoms with Gasteiger partial charge in [0.15, 0.2) is 5.69 Å². The number of rotatable bonds is 4. The summed E-state index contributed by atoms with van der Waals surface area (Å²) in [4.78, 5) is 22.7. The lowest BCUT2D eigenvalue weighted by atomic mass is 10.2. The lowest BCUT2D eigenvalue weighted by Crippen LogP contribution is -2.34. The van der Waals surface area contributed by atoms with Crippen LogP contribution in [0.4, 0.5) is 11.8 Å². The number of carbonyl (C=O) groups is 1. The first-order valence-electron chi connectivity index (χ1n) is 8.14. The first-order chi connectivity index (χ1) is 12.2. The van der Waals surface area contributed by atoms with Gasteiger partial charge in [-0.25, -0.2) is 14.5 Å². The van der Waals surface area contributed by atoms with Gasteiger partial charge in [0.25, 0.3) is 0 Å². The molecule has 2 aromatic rings. The van der Waals surface area contributed by atoms with E-state index >= 15 is 0 Å². The molecule has 0 saturated carbocycles.